The molecule has 1 saturated carbocycles. The summed E-state index contributed by atoms with van der Waals surface area (Å²) in [6, 6.07) is 6.51. The fourth-order valence-electron chi connectivity index (χ4n) is 3.62. The Bertz CT molecular complexity index is 983. The van der Waals surface area contributed by atoms with Crippen LogP contribution in [0.25, 0.3) is 10.6 Å². The van der Waals surface area contributed by atoms with Crippen LogP contribution in [-0.2, 0) is 6.54 Å². The molecule has 0 bridgehead atoms. The highest BCUT2D eigenvalue weighted by Gasteiger charge is 2.17. The summed E-state index contributed by atoms with van der Waals surface area (Å²) < 4.78 is 6.08. The highest BCUT2D eigenvalue weighted by Crippen LogP contribution is 2.31. The molecule has 7 nitrogen and oxygen atoms in total. The van der Waals surface area contributed by atoms with Crippen LogP contribution in [0.3, 0.4) is 0 Å². The van der Waals surface area contributed by atoms with Gasteiger partial charge in [0.25, 0.3) is 0 Å². The van der Waals surface area contributed by atoms with E-state index in [1.165, 1.54) is 24.8 Å². The van der Waals surface area contributed by atoms with Crippen LogP contribution < -0.4 is 10.1 Å². The zero-order valence-corrected chi connectivity index (χ0v) is 18.6. The predicted molar refractivity (Wildman–Crippen MR) is 120 cm³/mol. The summed E-state index contributed by atoms with van der Waals surface area (Å²) in [5, 5.41) is 4.09. The van der Waals surface area contributed by atoms with Gasteiger partial charge in [0, 0.05) is 24.6 Å². The third kappa shape index (κ3) is 5.52. The van der Waals surface area contributed by atoms with E-state index < -0.39 is 0 Å². The summed E-state index contributed by atoms with van der Waals surface area (Å²) in [5.74, 6) is 0.787. The summed E-state index contributed by atoms with van der Waals surface area (Å²) in [7, 11) is 4.10. The number of pyridine rings is 1. The van der Waals surface area contributed by atoms with Gasteiger partial charge in [0.1, 0.15) is 11.9 Å². The van der Waals surface area contributed by atoms with Crippen molar-refractivity contribution in [1.82, 2.24) is 24.8 Å². The van der Waals surface area contributed by atoms with E-state index in [4.69, 9.17) is 4.74 Å². The van der Waals surface area contributed by atoms with Crippen molar-refractivity contribution in [2.24, 2.45) is 0 Å². The van der Waals surface area contributed by atoms with E-state index in [1.807, 2.05) is 37.5 Å². The van der Waals surface area contributed by atoms with Crippen LogP contribution in [0, 0.1) is 6.92 Å². The van der Waals surface area contributed by atoms with Crippen molar-refractivity contribution >= 4 is 22.3 Å². The Hall–Kier alpha value is -2.58. The quantitative estimate of drug-likeness (QED) is 0.583. The van der Waals surface area contributed by atoms with E-state index in [0.717, 1.165) is 46.6 Å². The summed E-state index contributed by atoms with van der Waals surface area (Å²) in [5.41, 5.74) is 2.94. The largest absolute Gasteiger partial charge is 0.460 e. The van der Waals surface area contributed by atoms with E-state index in [2.05, 4.69) is 44.2 Å². The molecule has 0 unspecified atom stereocenters. The molecule has 158 valence electrons. The smallest absolute Gasteiger partial charge is 0.317 e. The van der Waals surface area contributed by atoms with Crippen molar-refractivity contribution < 1.29 is 4.74 Å². The molecule has 8 heteroatoms. The highest BCUT2D eigenvalue weighted by atomic mass is 32.1. The van der Waals surface area contributed by atoms with Crippen LogP contribution in [0.2, 0.25) is 0 Å². The fraction of sp³-hybridized carbons (Fsp3) is 0.455. The first kappa shape index (κ1) is 20.7. The molecule has 3 aromatic rings. The molecule has 0 saturated heterocycles. The molecule has 0 spiro atoms. The summed E-state index contributed by atoms with van der Waals surface area (Å²) >= 11 is 1.55. The lowest BCUT2D eigenvalue weighted by molar-refractivity contribution is 0.142. The summed E-state index contributed by atoms with van der Waals surface area (Å²) in [4.78, 5) is 21.2. The molecule has 1 N–H and O–H groups in total. The summed E-state index contributed by atoms with van der Waals surface area (Å²) in [6.07, 6.45) is 9.79. The van der Waals surface area contributed by atoms with Crippen LogP contribution >= 0.6 is 11.3 Å². The number of nitrogens with one attached hydrogen (secondary N) is 1. The monoisotopic (exact) mass is 424 g/mol. The number of nitrogens with zero attached hydrogens (tertiary/aromatic N) is 5. The Kier molecular flexibility index (Phi) is 6.54. The Morgan fingerprint density at radius 1 is 1.13 bits per heavy atom. The predicted octanol–water partition coefficient (Wildman–Crippen LogP) is 4.82. The van der Waals surface area contributed by atoms with E-state index in [9.17, 15) is 0 Å². The maximum atomic E-state index is 6.08. The molecule has 1 fully saturated rings. The van der Waals surface area contributed by atoms with Crippen molar-refractivity contribution in [1.29, 1.82) is 0 Å². The Morgan fingerprint density at radius 2 is 1.97 bits per heavy atom. The van der Waals surface area contributed by atoms with Gasteiger partial charge in [-0.05, 0) is 70.5 Å². The Labute approximate surface area is 181 Å². The molecular weight excluding hydrogens is 396 g/mol. The van der Waals surface area contributed by atoms with Crippen LogP contribution in [0.4, 0.5) is 10.9 Å². The normalized spacial score (nSPS) is 14.8. The van der Waals surface area contributed by atoms with E-state index >= 15 is 0 Å². The Morgan fingerprint density at radius 3 is 2.77 bits per heavy atom. The average molecular weight is 425 g/mol. The highest BCUT2D eigenvalue weighted by molar-refractivity contribution is 7.18. The van der Waals surface area contributed by atoms with Crippen LogP contribution in [0.15, 0.2) is 30.6 Å². The number of anilines is 2. The van der Waals surface area contributed by atoms with Gasteiger partial charge in [0.2, 0.25) is 0 Å². The van der Waals surface area contributed by atoms with Crippen LogP contribution in [0.5, 0.6) is 6.01 Å². The third-order valence-electron chi connectivity index (χ3n) is 4.97. The first-order valence-corrected chi connectivity index (χ1v) is 11.2. The third-order valence-corrected chi connectivity index (χ3v) is 5.91. The molecule has 0 aromatic carbocycles. The molecule has 0 atom stereocenters. The molecule has 0 amide bonds. The number of rotatable bonds is 7. The topological polar surface area (TPSA) is 76.1 Å². The van der Waals surface area contributed by atoms with E-state index in [0.29, 0.717) is 6.01 Å². The number of ether oxygens (including phenoxy) is 1. The van der Waals surface area contributed by atoms with Gasteiger partial charge in [-0.1, -0.05) is 17.8 Å². The van der Waals surface area contributed by atoms with Crippen molar-refractivity contribution in [2.75, 3.05) is 19.4 Å². The molecule has 3 aromatic heterocycles. The van der Waals surface area contributed by atoms with E-state index in [1.54, 1.807) is 11.3 Å². The Balaban J connectivity index is 1.48. The first-order chi connectivity index (χ1) is 14.5. The first-order valence-electron chi connectivity index (χ1n) is 10.4. The molecule has 30 heavy (non-hydrogen) atoms. The zero-order valence-electron chi connectivity index (χ0n) is 17.8. The number of hydrogen-bond donors (Lipinski definition) is 1. The van der Waals surface area contributed by atoms with Gasteiger partial charge in [-0.25, -0.2) is 15.0 Å². The lowest BCUT2D eigenvalue weighted by Gasteiger charge is -2.21. The van der Waals surface area contributed by atoms with Gasteiger partial charge in [-0.2, -0.15) is 4.98 Å². The molecule has 0 aliphatic heterocycles. The minimum Gasteiger partial charge on any atom is -0.460 e. The van der Waals surface area contributed by atoms with Gasteiger partial charge >= 0.3 is 6.01 Å². The minimum atomic E-state index is 0.229. The van der Waals surface area contributed by atoms with Gasteiger partial charge < -0.3 is 15.0 Å². The molecule has 4 rings (SSSR count). The molecule has 1 aliphatic rings. The lowest BCUT2D eigenvalue weighted by Crippen LogP contribution is -2.21. The second kappa shape index (κ2) is 9.49. The number of hydrogen-bond acceptors (Lipinski definition) is 8. The van der Waals surface area contributed by atoms with Gasteiger partial charge in [0.05, 0.1) is 10.6 Å². The van der Waals surface area contributed by atoms with Gasteiger partial charge in [-0.15, -0.1) is 0 Å². The van der Waals surface area contributed by atoms with Crippen LogP contribution in [-0.4, -0.2) is 45.0 Å². The number of thiazole rings is 1. The number of aromatic nitrogens is 4. The van der Waals surface area contributed by atoms with Crippen molar-refractivity contribution in [2.45, 2.75) is 51.7 Å². The second-order valence-corrected chi connectivity index (χ2v) is 9.03. The van der Waals surface area contributed by atoms with E-state index in [-0.39, 0.29) is 6.10 Å². The molecule has 1 aliphatic carbocycles. The zero-order chi connectivity index (χ0) is 20.9. The van der Waals surface area contributed by atoms with Crippen LogP contribution in [0.1, 0.15) is 43.4 Å². The van der Waals surface area contributed by atoms with Crippen molar-refractivity contribution in [3.63, 3.8) is 0 Å². The molecule has 3 heterocycles. The summed E-state index contributed by atoms with van der Waals surface area (Å²) in [6.45, 7) is 2.84. The standard InChI is InChI=1S/C22H28N6OS/c1-15-11-18(26-21(25-15)29-17-7-5-4-6-8-17)19-13-24-22(30-19)27-20-12-16(9-10-23-20)14-28(2)3/h9-13,17H,4-8,14H2,1-3H3,(H,23,24,27). The van der Waals surface area contributed by atoms with Gasteiger partial charge in [-0.3, -0.25) is 0 Å². The second-order valence-electron chi connectivity index (χ2n) is 8.00. The fourth-order valence-corrected chi connectivity index (χ4v) is 4.40. The molecular formula is C22H28N6OS. The average Bonchev–Trinajstić information content (AvgIpc) is 3.17. The number of aryl methyl sites for hydroxylation is 1. The lowest BCUT2D eigenvalue weighted by atomic mass is 9.98. The minimum absolute atomic E-state index is 0.229. The van der Waals surface area contributed by atoms with Crippen molar-refractivity contribution in [3.05, 3.63) is 41.9 Å². The van der Waals surface area contributed by atoms with Crippen molar-refractivity contribution in [3.8, 4) is 16.6 Å². The maximum Gasteiger partial charge on any atom is 0.317 e. The SMILES string of the molecule is Cc1cc(-c2cnc(Nc3cc(CN(C)C)ccn3)s2)nc(OC2CCCCC2)n1. The van der Waals surface area contributed by atoms with Gasteiger partial charge in [0.15, 0.2) is 5.13 Å². The molecule has 0 radical (unpaired) electrons. The maximum absolute atomic E-state index is 6.08.